The summed E-state index contributed by atoms with van der Waals surface area (Å²) in [4.78, 5) is 2.66. The Labute approximate surface area is 100 Å². The van der Waals surface area contributed by atoms with Crippen LogP contribution in [0, 0.1) is 11.3 Å². The molecule has 0 bridgehead atoms. The molecule has 0 aromatic heterocycles. The van der Waals surface area contributed by atoms with Gasteiger partial charge in [-0.3, -0.25) is 4.90 Å². The Hall–Kier alpha value is -0.0800. The Morgan fingerprint density at radius 3 is 2.00 bits per heavy atom. The van der Waals surface area contributed by atoms with Gasteiger partial charge in [-0.25, -0.2) is 0 Å². The van der Waals surface area contributed by atoms with Gasteiger partial charge in [0, 0.05) is 19.1 Å². The molecule has 1 saturated heterocycles. The zero-order valence-corrected chi connectivity index (χ0v) is 11.2. The van der Waals surface area contributed by atoms with Gasteiger partial charge in [0.1, 0.15) is 0 Å². The van der Waals surface area contributed by atoms with Crippen LogP contribution in [0.1, 0.15) is 46.5 Å². The summed E-state index contributed by atoms with van der Waals surface area (Å²) in [6.07, 6.45) is 5.65. The molecule has 2 aliphatic rings. The smallest absolute Gasteiger partial charge is 0.0594 e. The number of hydrogen-bond donors (Lipinski definition) is 0. The van der Waals surface area contributed by atoms with Crippen LogP contribution in [-0.2, 0) is 4.74 Å². The second kappa shape index (κ2) is 5.05. The molecule has 0 radical (unpaired) electrons. The van der Waals surface area contributed by atoms with Gasteiger partial charge >= 0.3 is 0 Å². The van der Waals surface area contributed by atoms with Gasteiger partial charge in [-0.15, -0.1) is 0 Å². The molecule has 0 N–H and O–H groups in total. The first-order valence-electron chi connectivity index (χ1n) is 6.89. The van der Waals surface area contributed by atoms with Gasteiger partial charge < -0.3 is 4.74 Å². The quantitative estimate of drug-likeness (QED) is 0.680. The standard InChI is InChI=1S/C14H27NO/c1-14(2,3)12-4-6-13(7-5-12)15-8-10-16-11-9-15/h12-13H,4-11H2,1-3H3. The van der Waals surface area contributed by atoms with Crippen LogP contribution in [0.2, 0.25) is 0 Å². The molecule has 0 aromatic rings. The number of nitrogens with zero attached hydrogens (tertiary/aromatic N) is 1. The van der Waals surface area contributed by atoms with Crippen LogP contribution in [0.15, 0.2) is 0 Å². The third kappa shape index (κ3) is 2.98. The Kier molecular flexibility index (Phi) is 3.91. The molecular formula is C14H27NO. The monoisotopic (exact) mass is 225 g/mol. The molecule has 1 heterocycles. The molecule has 0 amide bonds. The first-order valence-corrected chi connectivity index (χ1v) is 6.89. The summed E-state index contributed by atoms with van der Waals surface area (Å²) >= 11 is 0. The maximum Gasteiger partial charge on any atom is 0.0594 e. The Balaban J connectivity index is 1.80. The van der Waals surface area contributed by atoms with Crippen LogP contribution in [-0.4, -0.2) is 37.2 Å². The lowest BCUT2D eigenvalue weighted by molar-refractivity contribution is -0.000697. The average Bonchev–Trinajstić information content (AvgIpc) is 2.29. The minimum atomic E-state index is 0.510. The number of rotatable bonds is 1. The maximum atomic E-state index is 5.42. The van der Waals surface area contributed by atoms with E-state index in [-0.39, 0.29) is 0 Å². The fourth-order valence-corrected chi connectivity index (χ4v) is 3.25. The van der Waals surface area contributed by atoms with Gasteiger partial charge in [0.15, 0.2) is 0 Å². The highest BCUT2D eigenvalue weighted by Gasteiger charge is 2.32. The number of hydrogen-bond acceptors (Lipinski definition) is 2. The molecule has 2 heteroatoms. The first-order chi connectivity index (χ1) is 7.57. The van der Waals surface area contributed by atoms with Gasteiger partial charge in [-0.2, -0.15) is 0 Å². The van der Waals surface area contributed by atoms with Crippen molar-refractivity contribution in [1.29, 1.82) is 0 Å². The molecule has 94 valence electrons. The van der Waals surface area contributed by atoms with Crippen molar-refractivity contribution in [3.8, 4) is 0 Å². The summed E-state index contributed by atoms with van der Waals surface area (Å²) in [5.74, 6) is 0.935. The van der Waals surface area contributed by atoms with Crippen molar-refractivity contribution in [2.24, 2.45) is 11.3 Å². The number of morpholine rings is 1. The van der Waals surface area contributed by atoms with E-state index in [0.717, 1.165) is 38.3 Å². The van der Waals surface area contributed by atoms with E-state index in [1.54, 1.807) is 0 Å². The Morgan fingerprint density at radius 1 is 0.938 bits per heavy atom. The van der Waals surface area contributed by atoms with E-state index < -0.39 is 0 Å². The maximum absolute atomic E-state index is 5.42. The molecule has 0 atom stereocenters. The van der Waals surface area contributed by atoms with E-state index in [0.29, 0.717) is 5.41 Å². The SMILES string of the molecule is CC(C)(C)C1CCC(N2CCOCC2)CC1. The van der Waals surface area contributed by atoms with E-state index in [1.807, 2.05) is 0 Å². The minimum absolute atomic E-state index is 0.510. The van der Waals surface area contributed by atoms with Crippen LogP contribution >= 0.6 is 0 Å². The summed E-state index contributed by atoms with van der Waals surface area (Å²) in [6, 6.07) is 0.850. The Bertz CT molecular complexity index is 207. The van der Waals surface area contributed by atoms with Crippen LogP contribution in [0.3, 0.4) is 0 Å². The predicted octanol–water partition coefficient (Wildman–Crippen LogP) is 2.92. The fourth-order valence-electron chi connectivity index (χ4n) is 3.25. The minimum Gasteiger partial charge on any atom is -0.379 e. The van der Waals surface area contributed by atoms with Gasteiger partial charge in [0.2, 0.25) is 0 Å². The highest BCUT2D eigenvalue weighted by Crippen LogP contribution is 2.39. The summed E-state index contributed by atoms with van der Waals surface area (Å²) in [6.45, 7) is 11.4. The van der Waals surface area contributed by atoms with Gasteiger partial charge in [-0.05, 0) is 37.0 Å². The summed E-state index contributed by atoms with van der Waals surface area (Å²) in [5, 5.41) is 0. The zero-order valence-electron chi connectivity index (χ0n) is 11.2. The van der Waals surface area contributed by atoms with Crippen molar-refractivity contribution in [1.82, 2.24) is 4.90 Å². The van der Waals surface area contributed by atoms with E-state index in [9.17, 15) is 0 Å². The third-order valence-corrected chi connectivity index (χ3v) is 4.48. The van der Waals surface area contributed by atoms with Crippen molar-refractivity contribution in [3.05, 3.63) is 0 Å². The third-order valence-electron chi connectivity index (χ3n) is 4.48. The second-order valence-electron chi connectivity index (χ2n) is 6.52. The molecule has 2 rings (SSSR count). The van der Waals surface area contributed by atoms with Crippen LogP contribution in [0.25, 0.3) is 0 Å². The molecular weight excluding hydrogens is 198 g/mol. The van der Waals surface area contributed by atoms with Crippen molar-refractivity contribution >= 4 is 0 Å². The van der Waals surface area contributed by atoms with Gasteiger partial charge in [-0.1, -0.05) is 20.8 Å². The average molecular weight is 225 g/mol. The van der Waals surface area contributed by atoms with E-state index in [1.165, 1.54) is 25.7 Å². The number of ether oxygens (including phenoxy) is 1. The van der Waals surface area contributed by atoms with Crippen molar-refractivity contribution < 1.29 is 4.74 Å². The summed E-state index contributed by atoms with van der Waals surface area (Å²) in [7, 11) is 0. The molecule has 0 aromatic carbocycles. The second-order valence-corrected chi connectivity index (χ2v) is 6.52. The summed E-state index contributed by atoms with van der Waals surface area (Å²) < 4.78 is 5.42. The lowest BCUT2D eigenvalue weighted by atomic mass is 9.71. The lowest BCUT2D eigenvalue weighted by Crippen LogP contribution is -2.45. The fraction of sp³-hybridized carbons (Fsp3) is 1.00. The predicted molar refractivity (Wildman–Crippen MR) is 67.6 cm³/mol. The topological polar surface area (TPSA) is 12.5 Å². The van der Waals surface area contributed by atoms with Crippen molar-refractivity contribution in [3.63, 3.8) is 0 Å². The zero-order chi connectivity index (χ0) is 11.6. The highest BCUT2D eigenvalue weighted by molar-refractivity contribution is 4.85. The Morgan fingerprint density at radius 2 is 1.50 bits per heavy atom. The van der Waals surface area contributed by atoms with Gasteiger partial charge in [0.05, 0.1) is 13.2 Å². The molecule has 16 heavy (non-hydrogen) atoms. The molecule has 0 spiro atoms. The highest BCUT2D eigenvalue weighted by atomic mass is 16.5. The molecule has 1 aliphatic carbocycles. The molecule has 1 aliphatic heterocycles. The van der Waals surface area contributed by atoms with Crippen LogP contribution < -0.4 is 0 Å². The molecule has 2 nitrogen and oxygen atoms in total. The van der Waals surface area contributed by atoms with Gasteiger partial charge in [0.25, 0.3) is 0 Å². The first kappa shape index (κ1) is 12.4. The molecule has 1 saturated carbocycles. The molecule has 0 unspecified atom stereocenters. The normalized spacial score (nSPS) is 33.9. The van der Waals surface area contributed by atoms with E-state index >= 15 is 0 Å². The van der Waals surface area contributed by atoms with Crippen LogP contribution in [0.4, 0.5) is 0 Å². The summed E-state index contributed by atoms with van der Waals surface area (Å²) in [5.41, 5.74) is 0.510. The largest absolute Gasteiger partial charge is 0.379 e. The van der Waals surface area contributed by atoms with E-state index in [4.69, 9.17) is 4.74 Å². The van der Waals surface area contributed by atoms with Crippen molar-refractivity contribution in [2.75, 3.05) is 26.3 Å². The van der Waals surface area contributed by atoms with Crippen LogP contribution in [0.5, 0.6) is 0 Å². The lowest BCUT2D eigenvalue weighted by Gasteiger charge is -2.42. The van der Waals surface area contributed by atoms with E-state index in [2.05, 4.69) is 25.7 Å². The molecule has 2 fully saturated rings. The van der Waals surface area contributed by atoms with Crippen molar-refractivity contribution in [2.45, 2.75) is 52.5 Å².